The lowest BCUT2D eigenvalue weighted by Crippen LogP contribution is -2.36. The molecule has 0 radical (unpaired) electrons. The Morgan fingerprint density at radius 1 is 1.38 bits per heavy atom. The molecule has 0 unspecified atom stereocenters. The fourth-order valence-corrected chi connectivity index (χ4v) is 2.19. The molecule has 1 aliphatic rings. The fraction of sp³-hybridized carbons (Fsp3) is 0.500. The van der Waals surface area contributed by atoms with Crippen LogP contribution >= 0.6 is 0 Å². The van der Waals surface area contributed by atoms with Gasteiger partial charge in [0.15, 0.2) is 0 Å². The van der Waals surface area contributed by atoms with Crippen LogP contribution < -0.4 is 10.2 Å². The lowest BCUT2D eigenvalue weighted by atomic mass is 10.1. The minimum Gasteiger partial charge on any atom is -0.368 e. The largest absolute Gasteiger partial charge is 0.368 e. The molecule has 1 heterocycles. The number of likely N-dealkylation sites (N-methyl/N-ethyl adjacent to an activating group) is 1. The number of piperidine rings is 1. The first-order valence-corrected chi connectivity index (χ1v) is 6.91. The molecule has 7 nitrogen and oxygen atoms in total. The second-order valence-electron chi connectivity index (χ2n) is 4.99. The topological polar surface area (TPSA) is 84.7 Å². The number of nitro benzene ring substituents is 1. The number of nitro groups is 1. The van der Waals surface area contributed by atoms with E-state index < -0.39 is 4.92 Å². The zero-order valence-electron chi connectivity index (χ0n) is 11.9. The zero-order chi connectivity index (χ0) is 15.2. The van der Waals surface area contributed by atoms with E-state index in [4.69, 9.17) is 4.74 Å². The van der Waals surface area contributed by atoms with Crippen LogP contribution in [0.1, 0.15) is 12.8 Å². The number of anilines is 1. The van der Waals surface area contributed by atoms with Crippen LogP contribution in [-0.2, 0) is 9.53 Å². The molecular formula is C14H19N3O4. The Labute approximate surface area is 123 Å². The summed E-state index contributed by atoms with van der Waals surface area (Å²) in [6.45, 7) is 1.85. The van der Waals surface area contributed by atoms with Gasteiger partial charge in [-0.25, -0.2) is 0 Å². The molecule has 1 aromatic rings. The van der Waals surface area contributed by atoms with E-state index in [-0.39, 0.29) is 24.3 Å². The van der Waals surface area contributed by atoms with Crippen molar-refractivity contribution in [2.24, 2.45) is 0 Å². The normalized spacial score (nSPS) is 15.7. The summed E-state index contributed by atoms with van der Waals surface area (Å²) in [5.41, 5.74) is 0.616. The van der Waals surface area contributed by atoms with E-state index in [0.29, 0.717) is 5.69 Å². The summed E-state index contributed by atoms with van der Waals surface area (Å²) in [5.74, 6) is -0.164. The smallest absolute Gasteiger partial charge is 0.269 e. The number of nitrogens with zero attached hydrogens (tertiary/aromatic N) is 2. The number of non-ortho nitro benzene ring substituents is 1. The van der Waals surface area contributed by atoms with Gasteiger partial charge in [-0.15, -0.1) is 0 Å². The standard InChI is InChI=1S/C14H19N3O4/c1-16(11-2-4-12(5-3-11)17(19)20)14(18)10-21-13-6-8-15-9-7-13/h2-5,13,15H,6-10H2,1H3. The number of rotatable bonds is 5. The summed E-state index contributed by atoms with van der Waals surface area (Å²) in [6.07, 6.45) is 1.95. The Hall–Kier alpha value is -1.99. The van der Waals surface area contributed by atoms with Gasteiger partial charge in [0, 0.05) is 24.9 Å². The van der Waals surface area contributed by atoms with Gasteiger partial charge in [0.25, 0.3) is 11.6 Å². The highest BCUT2D eigenvalue weighted by atomic mass is 16.6. The number of carbonyl (C=O) groups is 1. The molecule has 0 spiro atoms. The first-order valence-electron chi connectivity index (χ1n) is 6.91. The van der Waals surface area contributed by atoms with Crippen molar-refractivity contribution < 1.29 is 14.5 Å². The highest BCUT2D eigenvalue weighted by Gasteiger charge is 2.17. The quantitative estimate of drug-likeness (QED) is 0.654. The first-order chi connectivity index (χ1) is 10.1. The highest BCUT2D eigenvalue weighted by Crippen LogP contribution is 2.18. The molecule has 0 aliphatic carbocycles. The molecule has 2 rings (SSSR count). The van der Waals surface area contributed by atoms with Gasteiger partial charge in [0.1, 0.15) is 6.61 Å². The third-order valence-electron chi connectivity index (χ3n) is 3.55. The van der Waals surface area contributed by atoms with Crippen molar-refractivity contribution in [1.82, 2.24) is 5.32 Å². The molecule has 1 aromatic carbocycles. The van der Waals surface area contributed by atoms with Crippen LogP contribution in [0, 0.1) is 10.1 Å². The van der Waals surface area contributed by atoms with Gasteiger partial charge in [0.2, 0.25) is 0 Å². The van der Waals surface area contributed by atoms with Crippen LogP contribution in [0.5, 0.6) is 0 Å². The minimum absolute atomic E-state index is 0.00514. The predicted octanol–water partition coefficient (Wildman–Crippen LogP) is 1.33. The molecule has 1 amide bonds. The van der Waals surface area contributed by atoms with Crippen molar-refractivity contribution in [2.45, 2.75) is 18.9 Å². The van der Waals surface area contributed by atoms with Gasteiger partial charge < -0.3 is 15.0 Å². The molecule has 1 saturated heterocycles. The van der Waals surface area contributed by atoms with Gasteiger partial charge in [-0.3, -0.25) is 14.9 Å². The van der Waals surface area contributed by atoms with Crippen LogP contribution in [0.25, 0.3) is 0 Å². The summed E-state index contributed by atoms with van der Waals surface area (Å²) in [4.78, 5) is 23.6. The summed E-state index contributed by atoms with van der Waals surface area (Å²) in [6, 6.07) is 5.88. The summed E-state index contributed by atoms with van der Waals surface area (Å²) in [5, 5.41) is 13.8. The summed E-state index contributed by atoms with van der Waals surface area (Å²) < 4.78 is 5.61. The monoisotopic (exact) mass is 293 g/mol. The number of carbonyl (C=O) groups excluding carboxylic acids is 1. The van der Waals surface area contributed by atoms with E-state index in [2.05, 4.69) is 5.32 Å². The number of amides is 1. The van der Waals surface area contributed by atoms with E-state index in [1.54, 1.807) is 19.2 Å². The Balaban J connectivity index is 1.87. The molecule has 0 bridgehead atoms. The Morgan fingerprint density at radius 3 is 2.57 bits per heavy atom. The summed E-state index contributed by atoms with van der Waals surface area (Å²) in [7, 11) is 1.63. The lowest BCUT2D eigenvalue weighted by molar-refractivity contribution is -0.384. The Morgan fingerprint density at radius 2 is 2.00 bits per heavy atom. The predicted molar refractivity (Wildman–Crippen MR) is 78.4 cm³/mol. The van der Waals surface area contributed by atoms with Crippen molar-refractivity contribution in [1.29, 1.82) is 0 Å². The maximum Gasteiger partial charge on any atom is 0.269 e. The molecule has 114 valence electrons. The maximum absolute atomic E-state index is 12.1. The first kappa shape index (κ1) is 15.4. The van der Waals surface area contributed by atoms with Crippen molar-refractivity contribution >= 4 is 17.3 Å². The highest BCUT2D eigenvalue weighted by molar-refractivity contribution is 5.93. The number of benzene rings is 1. The maximum atomic E-state index is 12.1. The van der Waals surface area contributed by atoms with E-state index in [1.165, 1.54) is 17.0 Å². The second kappa shape index (κ2) is 7.14. The fourth-order valence-electron chi connectivity index (χ4n) is 2.19. The molecular weight excluding hydrogens is 274 g/mol. The van der Waals surface area contributed by atoms with Crippen LogP contribution in [-0.4, -0.2) is 43.7 Å². The third-order valence-corrected chi connectivity index (χ3v) is 3.55. The van der Waals surface area contributed by atoms with E-state index >= 15 is 0 Å². The van der Waals surface area contributed by atoms with E-state index in [9.17, 15) is 14.9 Å². The molecule has 1 N–H and O–H groups in total. The van der Waals surface area contributed by atoms with Crippen LogP contribution in [0.3, 0.4) is 0 Å². The van der Waals surface area contributed by atoms with E-state index in [0.717, 1.165) is 25.9 Å². The van der Waals surface area contributed by atoms with Gasteiger partial charge in [-0.05, 0) is 38.1 Å². The number of ether oxygens (including phenoxy) is 1. The lowest BCUT2D eigenvalue weighted by Gasteiger charge is -2.24. The molecule has 0 saturated carbocycles. The van der Waals surface area contributed by atoms with Crippen molar-refractivity contribution in [2.75, 3.05) is 31.6 Å². The molecule has 1 fully saturated rings. The number of hydrogen-bond donors (Lipinski definition) is 1. The molecule has 1 aliphatic heterocycles. The van der Waals surface area contributed by atoms with Crippen molar-refractivity contribution in [3.05, 3.63) is 34.4 Å². The van der Waals surface area contributed by atoms with Crippen molar-refractivity contribution in [3.63, 3.8) is 0 Å². The Bertz CT molecular complexity index is 497. The molecule has 21 heavy (non-hydrogen) atoms. The average Bonchev–Trinajstić information content (AvgIpc) is 2.53. The zero-order valence-corrected chi connectivity index (χ0v) is 11.9. The second-order valence-corrected chi connectivity index (χ2v) is 4.99. The van der Waals surface area contributed by atoms with Crippen LogP contribution in [0.4, 0.5) is 11.4 Å². The molecule has 0 atom stereocenters. The SMILES string of the molecule is CN(C(=O)COC1CCNCC1)c1ccc([N+](=O)[O-])cc1. The van der Waals surface area contributed by atoms with Gasteiger partial charge in [-0.2, -0.15) is 0 Å². The average molecular weight is 293 g/mol. The number of nitrogens with one attached hydrogen (secondary N) is 1. The van der Waals surface area contributed by atoms with E-state index in [1.807, 2.05) is 0 Å². The third kappa shape index (κ3) is 4.24. The van der Waals surface area contributed by atoms with Gasteiger partial charge >= 0.3 is 0 Å². The van der Waals surface area contributed by atoms with Crippen LogP contribution in [0.15, 0.2) is 24.3 Å². The van der Waals surface area contributed by atoms with Crippen molar-refractivity contribution in [3.8, 4) is 0 Å². The van der Waals surface area contributed by atoms with Gasteiger partial charge in [-0.1, -0.05) is 0 Å². The molecule has 7 heteroatoms. The van der Waals surface area contributed by atoms with Gasteiger partial charge in [0.05, 0.1) is 11.0 Å². The Kier molecular flexibility index (Phi) is 5.24. The molecule has 0 aromatic heterocycles. The number of hydrogen-bond acceptors (Lipinski definition) is 5. The summed E-state index contributed by atoms with van der Waals surface area (Å²) >= 11 is 0. The van der Waals surface area contributed by atoms with Crippen LogP contribution in [0.2, 0.25) is 0 Å². The minimum atomic E-state index is -0.466.